The van der Waals surface area contributed by atoms with Crippen LogP contribution in [0, 0.1) is 0 Å². The molecular formula is C19H10BrF3N2O2. The Bertz CT molecular complexity index is 1080. The summed E-state index contributed by atoms with van der Waals surface area (Å²) in [5.74, 6) is -0.818. The Morgan fingerprint density at radius 1 is 0.926 bits per heavy atom. The Morgan fingerprint density at radius 3 is 2.11 bits per heavy atom. The van der Waals surface area contributed by atoms with E-state index in [1.54, 1.807) is 24.3 Å². The zero-order valence-corrected chi connectivity index (χ0v) is 15.0. The summed E-state index contributed by atoms with van der Waals surface area (Å²) in [5.41, 5.74) is 1.12. The maximum absolute atomic E-state index is 12.7. The van der Waals surface area contributed by atoms with Crippen molar-refractivity contribution in [1.82, 2.24) is 4.98 Å². The number of carbonyl (C=O) groups is 1. The van der Waals surface area contributed by atoms with Crippen molar-refractivity contribution in [2.45, 2.75) is 6.18 Å². The van der Waals surface area contributed by atoms with Gasteiger partial charge in [0, 0.05) is 10.0 Å². The predicted octanol–water partition coefficient (Wildman–Crippen LogP) is 5.16. The molecule has 1 amide bonds. The average molecular weight is 435 g/mol. The lowest BCUT2D eigenvalue weighted by atomic mass is 9.99. The van der Waals surface area contributed by atoms with E-state index in [4.69, 9.17) is 0 Å². The van der Waals surface area contributed by atoms with E-state index in [0.717, 1.165) is 16.6 Å². The van der Waals surface area contributed by atoms with Gasteiger partial charge in [0.2, 0.25) is 0 Å². The second-order valence-electron chi connectivity index (χ2n) is 5.95. The van der Waals surface area contributed by atoms with Crippen molar-refractivity contribution in [3.63, 3.8) is 0 Å². The Kier molecular flexibility index (Phi) is 3.96. The molecule has 0 saturated carbocycles. The maximum atomic E-state index is 12.7. The number of aliphatic imine (C=N–C) groups is 1. The topological polar surface area (TPSA) is 65.4 Å². The third-order valence-electron chi connectivity index (χ3n) is 4.26. The molecule has 0 bridgehead atoms. The summed E-state index contributed by atoms with van der Waals surface area (Å²) in [6.07, 6.45) is -4.46. The minimum absolute atomic E-state index is 0.140. The van der Waals surface area contributed by atoms with Crippen LogP contribution in [0.15, 0.2) is 58.0 Å². The average Bonchev–Trinajstić information content (AvgIpc) is 3.14. The zero-order valence-electron chi connectivity index (χ0n) is 13.4. The van der Waals surface area contributed by atoms with Crippen molar-refractivity contribution in [1.29, 1.82) is 0 Å². The monoisotopic (exact) mass is 434 g/mol. The number of amides is 1. The van der Waals surface area contributed by atoms with Gasteiger partial charge in [-0.15, -0.1) is 0 Å². The van der Waals surface area contributed by atoms with Gasteiger partial charge in [-0.1, -0.05) is 40.2 Å². The van der Waals surface area contributed by atoms with E-state index < -0.39 is 17.6 Å². The van der Waals surface area contributed by atoms with Gasteiger partial charge in [-0.25, -0.2) is 4.99 Å². The summed E-state index contributed by atoms with van der Waals surface area (Å²) in [6.45, 7) is 0. The quantitative estimate of drug-likeness (QED) is 0.584. The van der Waals surface area contributed by atoms with Gasteiger partial charge in [-0.05, 0) is 29.8 Å². The summed E-state index contributed by atoms with van der Waals surface area (Å²) in [4.78, 5) is 19.2. The van der Waals surface area contributed by atoms with Gasteiger partial charge in [0.25, 0.3) is 5.91 Å². The number of hydrogen-bond donors (Lipinski definition) is 2. The SMILES string of the molecule is O=C1N=C(c2ccc(C(F)(F)F)cc2)c2c(O)[nH]c(-c3ccc(Br)cc3)c21. The highest BCUT2D eigenvalue weighted by molar-refractivity contribution is 9.10. The number of benzene rings is 2. The van der Waals surface area contributed by atoms with E-state index in [2.05, 4.69) is 25.9 Å². The molecule has 0 spiro atoms. The Balaban J connectivity index is 1.80. The molecule has 0 saturated heterocycles. The number of hydrogen-bond acceptors (Lipinski definition) is 2. The van der Waals surface area contributed by atoms with Gasteiger partial charge < -0.3 is 10.1 Å². The van der Waals surface area contributed by atoms with E-state index in [9.17, 15) is 23.1 Å². The Morgan fingerprint density at radius 2 is 1.52 bits per heavy atom. The van der Waals surface area contributed by atoms with E-state index in [0.29, 0.717) is 16.8 Å². The molecule has 0 unspecified atom stereocenters. The largest absolute Gasteiger partial charge is 0.494 e. The smallest absolute Gasteiger partial charge is 0.416 e. The van der Waals surface area contributed by atoms with E-state index in [1.807, 2.05) is 0 Å². The second kappa shape index (κ2) is 6.09. The van der Waals surface area contributed by atoms with Crippen molar-refractivity contribution in [3.05, 3.63) is 75.3 Å². The molecule has 1 aliphatic heterocycles. The first-order valence-electron chi connectivity index (χ1n) is 7.77. The van der Waals surface area contributed by atoms with Crippen molar-refractivity contribution < 1.29 is 23.1 Å². The van der Waals surface area contributed by atoms with Gasteiger partial charge in [-0.2, -0.15) is 13.2 Å². The van der Waals surface area contributed by atoms with E-state index in [-0.39, 0.29) is 22.7 Å². The number of nitrogens with zero attached hydrogens (tertiary/aromatic N) is 1. The van der Waals surface area contributed by atoms with E-state index in [1.165, 1.54) is 12.1 Å². The normalized spacial score (nSPS) is 13.6. The Hall–Kier alpha value is -2.87. The number of halogens is 4. The molecule has 1 aromatic heterocycles. The molecule has 0 fully saturated rings. The molecule has 0 radical (unpaired) electrons. The number of rotatable bonds is 2. The van der Waals surface area contributed by atoms with Crippen molar-refractivity contribution in [2.75, 3.05) is 0 Å². The molecule has 2 aromatic carbocycles. The number of fused-ring (bicyclic) bond motifs is 1. The number of H-pyrrole nitrogens is 1. The van der Waals surface area contributed by atoms with Crippen LogP contribution in [0.5, 0.6) is 5.88 Å². The molecular weight excluding hydrogens is 425 g/mol. The third kappa shape index (κ3) is 2.95. The number of nitrogens with one attached hydrogen (secondary N) is 1. The number of aromatic amines is 1. The number of alkyl halides is 3. The number of aromatic nitrogens is 1. The van der Waals surface area contributed by atoms with Crippen LogP contribution in [0.3, 0.4) is 0 Å². The fourth-order valence-electron chi connectivity index (χ4n) is 3.00. The molecule has 2 heterocycles. The molecule has 27 heavy (non-hydrogen) atoms. The van der Waals surface area contributed by atoms with Crippen molar-refractivity contribution in [2.24, 2.45) is 4.99 Å². The highest BCUT2D eigenvalue weighted by atomic mass is 79.9. The first-order valence-corrected chi connectivity index (χ1v) is 8.57. The van der Waals surface area contributed by atoms with Crippen LogP contribution in [0.25, 0.3) is 11.3 Å². The van der Waals surface area contributed by atoms with Crippen LogP contribution in [0.1, 0.15) is 27.0 Å². The third-order valence-corrected chi connectivity index (χ3v) is 4.79. The minimum Gasteiger partial charge on any atom is -0.494 e. The first-order chi connectivity index (χ1) is 12.8. The molecule has 4 rings (SSSR count). The van der Waals surface area contributed by atoms with Crippen LogP contribution < -0.4 is 0 Å². The fraction of sp³-hybridized carbons (Fsp3) is 0.0526. The summed E-state index contributed by atoms with van der Waals surface area (Å²) >= 11 is 3.33. The van der Waals surface area contributed by atoms with Crippen LogP contribution in [-0.2, 0) is 6.18 Å². The van der Waals surface area contributed by atoms with E-state index >= 15 is 0 Å². The molecule has 0 aliphatic carbocycles. The highest BCUT2D eigenvalue weighted by Gasteiger charge is 2.34. The first kappa shape index (κ1) is 17.5. The molecule has 4 nitrogen and oxygen atoms in total. The number of carbonyl (C=O) groups excluding carboxylic acids is 1. The summed E-state index contributed by atoms with van der Waals surface area (Å²) < 4.78 is 39.1. The minimum atomic E-state index is -4.46. The molecule has 136 valence electrons. The summed E-state index contributed by atoms with van der Waals surface area (Å²) in [5, 5.41) is 10.3. The van der Waals surface area contributed by atoms with Gasteiger partial charge in [0.05, 0.1) is 28.1 Å². The predicted molar refractivity (Wildman–Crippen MR) is 97.0 cm³/mol. The second-order valence-corrected chi connectivity index (χ2v) is 6.86. The highest BCUT2D eigenvalue weighted by Crippen LogP contribution is 2.38. The van der Waals surface area contributed by atoms with Crippen LogP contribution in [0.2, 0.25) is 0 Å². The van der Waals surface area contributed by atoms with Crippen LogP contribution >= 0.6 is 15.9 Å². The lowest BCUT2D eigenvalue weighted by Crippen LogP contribution is -2.06. The standard InChI is InChI=1S/C19H10BrF3N2O2/c20-12-7-3-10(4-8-12)16-14-13(17(26)25-16)15(24-18(14)27)9-1-5-11(6-2-9)19(21,22)23/h1-8,25-26H. The lowest BCUT2D eigenvalue weighted by molar-refractivity contribution is -0.137. The molecule has 1 aliphatic rings. The number of aromatic hydroxyl groups is 1. The molecule has 3 aromatic rings. The van der Waals surface area contributed by atoms with Gasteiger partial charge in [0.1, 0.15) is 0 Å². The fourth-order valence-corrected chi connectivity index (χ4v) is 3.27. The van der Waals surface area contributed by atoms with Crippen molar-refractivity contribution >= 4 is 27.5 Å². The van der Waals surface area contributed by atoms with Crippen LogP contribution in [-0.4, -0.2) is 21.7 Å². The maximum Gasteiger partial charge on any atom is 0.416 e. The molecule has 0 atom stereocenters. The lowest BCUT2D eigenvalue weighted by Gasteiger charge is -2.07. The van der Waals surface area contributed by atoms with Gasteiger partial charge in [0.15, 0.2) is 5.88 Å². The molecule has 2 N–H and O–H groups in total. The molecule has 8 heteroatoms. The zero-order chi connectivity index (χ0) is 19.3. The summed E-state index contributed by atoms with van der Waals surface area (Å²) in [6, 6.07) is 11.4. The van der Waals surface area contributed by atoms with Crippen molar-refractivity contribution in [3.8, 4) is 17.1 Å². The van der Waals surface area contributed by atoms with Gasteiger partial charge >= 0.3 is 6.18 Å². The summed E-state index contributed by atoms with van der Waals surface area (Å²) in [7, 11) is 0. The van der Waals surface area contributed by atoms with Gasteiger partial charge in [-0.3, -0.25) is 4.79 Å². The van der Waals surface area contributed by atoms with Crippen LogP contribution in [0.4, 0.5) is 13.2 Å². The Labute approximate surface area is 159 Å².